The minimum atomic E-state index is -3.90. The van der Waals surface area contributed by atoms with Gasteiger partial charge in [-0.15, -0.1) is 0 Å². The summed E-state index contributed by atoms with van der Waals surface area (Å²) in [6.45, 7) is 4.91. The van der Waals surface area contributed by atoms with Crippen molar-refractivity contribution in [2.45, 2.75) is 64.3 Å². The number of aromatic nitrogens is 2. The average molecular weight is 688 g/mol. The Hall–Kier alpha value is -3.98. The quantitative estimate of drug-likeness (QED) is 0.209. The number of aromatic amines is 1. The summed E-state index contributed by atoms with van der Waals surface area (Å²) < 4.78 is 61.3. The molecule has 15 heteroatoms. The highest BCUT2D eigenvalue weighted by Gasteiger charge is 2.44. The van der Waals surface area contributed by atoms with E-state index in [9.17, 15) is 26.8 Å². The molecule has 1 atom stereocenters. The summed E-state index contributed by atoms with van der Waals surface area (Å²) in [6.07, 6.45) is 5.56. The van der Waals surface area contributed by atoms with Crippen LogP contribution in [0.5, 0.6) is 0 Å². The van der Waals surface area contributed by atoms with Gasteiger partial charge in [-0.25, -0.2) is 22.2 Å². The largest absolute Gasteiger partial charge is 0.463 e. The number of piperidine rings is 2. The molecular weight excluding hydrogens is 644 g/mol. The molecule has 3 aromatic rings. The maximum Gasteiger partial charge on any atom is 0.323 e. The summed E-state index contributed by atoms with van der Waals surface area (Å²) in [5.41, 5.74) is 8.07. The van der Waals surface area contributed by atoms with Gasteiger partial charge in [0.2, 0.25) is 10.0 Å². The molecule has 0 bridgehead atoms. The number of hydrogen-bond acceptors (Lipinski definition) is 9. The summed E-state index contributed by atoms with van der Waals surface area (Å²) in [7, 11) is -3.90. The molecule has 2 aliphatic heterocycles. The van der Waals surface area contributed by atoms with Crippen LogP contribution in [-0.2, 0) is 19.6 Å². The molecular formula is C33H43F2N7O5S. The summed E-state index contributed by atoms with van der Waals surface area (Å²) >= 11 is 0. The van der Waals surface area contributed by atoms with Gasteiger partial charge < -0.3 is 30.6 Å². The maximum absolute atomic E-state index is 13.9. The van der Waals surface area contributed by atoms with E-state index in [-0.39, 0.29) is 50.0 Å². The lowest BCUT2D eigenvalue weighted by molar-refractivity contribution is -0.145. The Bertz CT molecular complexity index is 1770. The third-order valence-electron chi connectivity index (χ3n) is 9.78. The number of nitrogens with zero attached hydrogens (tertiary/aromatic N) is 3. The van der Waals surface area contributed by atoms with Gasteiger partial charge in [-0.1, -0.05) is 13.8 Å². The van der Waals surface area contributed by atoms with Gasteiger partial charge in [-0.2, -0.15) is 0 Å². The van der Waals surface area contributed by atoms with Crippen molar-refractivity contribution in [3.05, 3.63) is 42.1 Å². The lowest BCUT2D eigenvalue weighted by Gasteiger charge is -2.35. The minimum Gasteiger partial charge on any atom is -0.463 e. The summed E-state index contributed by atoms with van der Waals surface area (Å²) in [5, 5.41) is 3.68. The van der Waals surface area contributed by atoms with Crippen molar-refractivity contribution in [1.29, 1.82) is 0 Å². The van der Waals surface area contributed by atoms with Gasteiger partial charge in [-0.05, 0) is 67.3 Å². The number of benzene rings is 1. The fourth-order valence-electron chi connectivity index (χ4n) is 6.37. The number of sulfonamides is 1. The number of nitrogens with two attached hydrogens (primary N) is 1. The Morgan fingerprint density at radius 1 is 1.02 bits per heavy atom. The number of H-pyrrole nitrogens is 1. The Labute approximate surface area is 278 Å². The van der Waals surface area contributed by atoms with Crippen LogP contribution in [0.25, 0.3) is 10.9 Å². The van der Waals surface area contributed by atoms with Crippen LogP contribution < -0.4 is 25.6 Å². The smallest absolute Gasteiger partial charge is 0.323 e. The number of halogens is 2. The molecule has 1 spiro atoms. The number of carbonyl (C=O) groups excluding carboxylic acids is 2. The monoisotopic (exact) mass is 687 g/mol. The van der Waals surface area contributed by atoms with Gasteiger partial charge in [0.15, 0.2) is 5.82 Å². The van der Waals surface area contributed by atoms with Crippen LogP contribution >= 0.6 is 0 Å². The van der Waals surface area contributed by atoms with Gasteiger partial charge in [0.05, 0.1) is 22.5 Å². The summed E-state index contributed by atoms with van der Waals surface area (Å²) in [4.78, 5) is 37.7. The van der Waals surface area contributed by atoms with Crippen LogP contribution in [0.15, 0.2) is 36.5 Å². The first kappa shape index (κ1) is 33.9. The molecule has 1 saturated carbocycles. The highest BCUT2D eigenvalue weighted by molar-refractivity contribution is 7.92. The van der Waals surface area contributed by atoms with Crippen molar-refractivity contribution in [2.24, 2.45) is 17.1 Å². The molecule has 3 aliphatic rings. The predicted molar refractivity (Wildman–Crippen MR) is 181 cm³/mol. The number of amides is 1. The number of alkyl halides is 2. The molecule has 0 unspecified atom stereocenters. The van der Waals surface area contributed by atoms with Crippen molar-refractivity contribution in [3.8, 4) is 0 Å². The molecule has 48 heavy (non-hydrogen) atoms. The van der Waals surface area contributed by atoms with Crippen molar-refractivity contribution in [1.82, 2.24) is 9.97 Å². The zero-order valence-corrected chi connectivity index (χ0v) is 28.0. The second kappa shape index (κ2) is 13.1. The van der Waals surface area contributed by atoms with E-state index in [1.54, 1.807) is 43.1 Å². The number of hydrogen-bond donors (Lipinski definition) is 4. The number of esters is 1. The van der Waals surface area contributed by atoms with Gasteiger partial charge in [0, 0.05) is 50.6 Å². The molecule has 4 heterocycles. The number of rotatable bonds is 11. The Morgan fingerprint density at radius 3 is 2.38 bits per heavy atom. The molecule has 12 nitrogen and oxygen atoms in total. The number of carbonyl (C=O) groups is 2. The molecule has 1 aromatic carbocycles. The molecule has 5 N–H and O–H groups in total. The first-order chi connectivity index (χ1) is 22.7. The Morgan fingerprint density at radius 2 is 1.71 bits per heavy atom. The zero-order chi connectivity index (χ0) is 34.3. The van der Waals surface area contributed by atoms with E-state index >= 15 is 0 Å². The second-order valence-electron chi connectivity index (χ2n) is 13.6. The van der Waals surface area contributed by atoms with Crippen LogP contribution in [0.3, 0.4) is 0 Å². The van der Waals surface area contributed by atoms with Gasteiger partial charge in [-0.3, -0.25) is 14.3 Å². The second-order valence-corrected chi connectivity index (χ2v) is 15.5. The van der Waals surface area contributed by atoms with Crippen molar-refractivity contribution >= 4 is 55.8 Å². The van der Waals surface area contributed by atoms with E-state index in [1.807, 2.05) is 6.07 Å². The minimum absolute atomic E-state index is 0.136. The van der Waals surface area contributed by atoms with E-state index in [0.29, 0.717) is 28.0 Å². The van der Waals surface area contributed by atoms with Crippen LogP contribution in [-0.4, -0.2) is 80.8 Å². The third kappa shape index (κ3) is 7.67. The van der Waals surface area contributed by atoms with Gasteiger partial charge in [0.1, 0.15) is 24.2 Å². The number of anilines is 4. The van der Waals surface area contributed by atoms with Crippen LogP contribution in [0.2, 0.25) is 0 Å². The van der Waals surface area contributed by atoms with Crippen molar-refractivity contribution in [3.63, 3.8) is 0 Å². The lowest BCUT2D eigenvalue weighted by atomic mass is 9.93. The number of pyridine rings is 1. The number of ether oxygens (including phenoxy) is 1. The van der Waals surface area contributed by atoms with E-state index in [0.717, 1.165) is 31.3 Å². The fraction of sp³-hybridized carbons (Fsp3) is 0.545. The normalized spacial score (nSPS) is 19.4. The van der Waals surface area contributed by atoms with E-state index in [4.69, 9.17) is 10.5 Å². The highest BCUT2D eigenvalue weighted by Crippen LogP contribution is 2.54. The van der Waals surface area contributed by atoms with E-state index in [1.165, 1.54) is 18.9 Å². The molecule has 1 aliphatic carbocycles. The first-order valence-electron chi connectivity index (χ1n) is 16.5. The molecule has 3 fully saturated rings. The molecule has 260 valence electrons. The van der Waals surface area contributed by atoms with Crippen molar-refractivity contribution in [2.75, 3.05) is 58.4 Å². The average Bonchev–Trinajstić information content (AvgIpc) is 3.61. The SMILES string of the molecule is CC(C)[C@H](N)C(=O)OCCS(=O)(=O)Nc1ccc(C(=O)Nc2cc3cc[nH]c3c(N3CCC(F)(F)CC3)n2)c(N2CCC3(CC2)CC3)c1. The third-order valence-corrected chi connectivity index (χ3v) is 11.0. The molecule has 2 saturated heterocycles. The molecule has 2 aromatic heterocycles. The number of fused-ring (bicyclic) bond motifs is 1. The summed E-state index contributed by atoms with van der Waals surface area (Å²) in [5.74, 6) is -3.64. The van der Waals surface area contributed by atoms with Gasteiger partial charge in [0.25, 0.3) is 11.8 Å². The topological polar surface area (TPSA) is 163 Å². The van der Waals surface area contributed by atoms with Crippen LogP contribution in [0, 0.1) is 11.3 Å². The predicted octanol–water partition coefficient (Wildman–Crippen LogP) is 4.70. The van der Waals surface area contributed by atoms with Crippen LogP contribution in [0.4, 0.5) is 31.8 Å². The fourth-order valence-corrected chi connectivity index (χ4v) is 7.26. The van der Waals surface area contributed by atoms with E-state index in [2.05, 4.69) is 24.9 Å². The highest BCUT2D eigenvalue weighted by atomic mass is 32.2. The van der Waals surface area contributed by atoms with E-state index < -0.39 is 39.6 Å². The standard InChI is InChI=1S/C33H43F2N7O5S/c1-21(2)27(36)31(44)47-17-18-48(45,46)40-23-3-4-24(25(20-23)41-13-8-32(6-7-32)9-14-41)30(43)39-26-19-22-5-12-37-28(22)29(38-26)42-15-10-33(34,35)11-16-42/h3-5,12,19-21,27,37,40H,6-11,13-18,36H2,1-2H3,(H,38,39,43)/t27-/m0/s1. The summed E-state index contributed by atoms with van der Waals surface area (Å²) in [6, 6.07) is 7.47. The molecule has 1 amide bonds. The lowest BCUT2D eigenvalue weighted by Crippen LogP contribution is -2.40. The van der Waals surface area contributed by atoms with Crippen molar-refractivity contribution < 1.29 is 31.5 Å². The Balaban J connectivity index is 1.21. The molecule has 0 radical (unpaired) electrons. The maximum atomic E-state index is 13.9. The number of nitrogens with one attached hydrogen (secondary N) is 3. The van der Waals surface area contributed by atoms with Gasteiger partial charge >= 0.3 is 5.97 Å². The molecule has 6 rings (SSSR count). The van der Waals surface area contributed by atoms with Crippen LogP contribution in [0.1, 0.15) is 62.7 Å². The Kier molecular flexibility index (Phi) is 9.28. The zero-order valence-electron chi connectivity index (χ0n) is 27.2. The first-order valence-corrected chi connectivity index (χ1v) is 18.1.